The molecule has 2 aromatic heterocycles. The predicted octanol–water partition coefficient (Wildman–Crippen LogP) is 2.34. The van der Waals surface area contributed by atoms with Crippen molar-refractivity contribution in [1.29, 1.82) is 0 Å². The summed E-state index contributed by atoms with van der Waals surface area (Å²) in [6.45, 7) is 1.16. The van der Waals surface area contributed by atoms with Crippen molar-refractivity contribution < 1.29 is 28.3 Å². The largest absolute Gasteiger partial charge is 0.482 e. The van der Waals surface area contributed by atoms with E-state index in [1.54, 1.807) is 24.3 Å². The zero-order valence-electron chi connectivity index (χ0n) is 16.1. The van der Waals surface area contributed by atoms with Crippen molar-refractivity contribution in [1.82, 2.24) is 5.32 Å². The lowest BCUT2D eigenvalue weighted by Gasteiger charge is -2.07. The zero-order valence-corrected chi connectivity index (χ0v) is 17.0. The fourth-order valence-corrected chi connectivity index (χ4v) is 3.49. The second-order valence-electron chi connectivity index (χ2n) is 6.33. The molecular formula is C21H19NO7S. The lowest BCUT2D eigenvalue weighted by Crippen LogP contribution is -2.22. The maximum Gasteiger partial charge on any atom is 0.344 e. The fourth-order valence-electron chi connectivity index (χ4n) is 2.56. The molecule has 0 radical (unpaired) electrons. The van der Waals surface area contributed by atoms with Gasteiger partial charge in [0.25, 0.3) is 0 Å². The van der Waals surface area contributed by atoms with E-state index in [1.165, 1.54) is 30.4 Å². The number of thiophene rings is 1. The van der Waals surface area contributed by atoms with Crippen LogP contribution >= 0.6 is 11.3 Å². The van der Waals surface area contributed by atoms with Crippen LogP contribution in [-0.2, 0) is 20.7 Å². The molecule has 0 saturated heterocycles. The Morgan fingerprint density at radius 2 is 1.87 bits per heavy atom. The van der Waals surface area contributed by atoms with Crippen molar-refractivity contribution in [3.63, 3.8) is 0 Å². The number of Topliss-reactive ketones (excluding diaryl/α,β-unsaturated/α-hetero) is 1. The van der Waals surface area contributed by atoms with E-state index in [0.717, 1.165) is 10.3 Å². The molecule has 0 spiro atoms. The van der Waals surface area contributed by atoms with E-state index in [-0.39, 0.29) is 24.9 Å². The van der Waals surface area contributed by atoms with Crippen LogP contribution in [0.4, 0.5) is 0 Å². The Hall–Kier alpha value is -3.46. The Morgan fingerprint density at radius 1 is 1.07 bits per heavy atom. The lowest BCUT2D eigenvalue weighted by molar-refractivity contribution is -0.144. The molecule has 1 aromatic carbocycles. The van der Waals surface area contributed by atoms with Gasteiger partial charge in [-0.15, -0.1) is 11.3 Å². The summed E-state index contributed by atoms with van der Waals surface area (Å²) in [5.41, 5.74) is -0.139. The third-order valence-electron chi connectivity index (χ3n) is 4.00. The first-order valence-electron chi connectivity index (χ1n) is 9.09. The highest BCUT2D eigenvalue weighted by Gasteiger charge is 2.13. The van der Waals surface area contributed by atoms with Crippen LogP contribution in [0.25, 0.3) is 11.0 Å². The number of rotatable bonds is 9. The van der Waals surface area contributed by atoms with Crippen LogP contribution in [0.3, 0.4) is 0 Å². The SMILES string of the molecule is CC(=O)NCCc1ccc(C(=O)COC(=O)COc2ccc3ccc(=O)oc3c2)s1. The molecule has 0 saturated carbocycles. The van der Waals surface area contributed by atoms with Crippen LogP contribution in [0, 0.1) is 0 Å². The number of nitrogens with one attached hydrogen (secondary N) is 1. The van der Waals surface area contributed by atoms with Gasteiger partial charge in [0.05, 0.1) is 4.88 Å². The van der Waals surface area contributed by atoms with Crippen molar-refractivity contribution in [3.05, 3.63) is 62.6 Å². The number of carbonyl (C=O) groups is 3. The second-order valence-corrected chi connectivity index (χ2v) is 7.49. The van der Waals surface area contributed by atoms with Crippen molar-refractivity contribution in [2.75, 3.05) is 19.8 Å². The van der Waals surface area contributed by atoms with Gasteiger partial charge in [-0.3, -0.25) is 9.59 Å². The number of carbonyl (C=O) groups excluding carboxylic acids is 3. The second kappa shape index (κ2) is 9.84. The van der Waals surface area contributed by atoms with E-state index >= 15 is 0 Å². The number of fused-ring (bicyclic) bond motifs is 1. The summed E-state index contributed by atoms with van der Waals surface area (Å²) in [6, 6.07) is 11.3. The number of hydrogen-bond donors (Lipinski definition) is 1. The average molecular weight is 429 g/mol. The monoisotopic (exact) mass is 429 g/mol. The Kier molecular flexibility index (Phi) is 6.97. The molecule has 0 aliphatic carbocycles. The van der Waals surface area contributed by atoms with Gasteiger partial charge < -0.3 is 19.2 Å². The fraction of sp³-hybridized carbons (Fsp3) is 0.238. The van der Waals surface area contributed by atoms with Crippen LogP contribution in [0.15, 0.2) is 51.7 Å². The molecule has 156 valence electrons. The number of ether oxygens (including phenoxy) is 2. The van der Waals surface area contributed by atoms with Gasteiger partial charge in [0.15, 0.2) is 13.2 Å². The predicted molar refractivity (Wildman–Crippen MR) is 110 cm³/mol. The molecule has 3 rings (SSSR count). The highest BCUT2D eigenvalue weighted by Crippen LogP contribution is 2.20. The van der Waals surface area contributed by atoms with Gasteiger partial charge in [0.2, 0.25) is 11.7 Å². The third kappa shape index (κ3) is 6.02. The minimum atomic E-state index is -0.694. The number of hydrogen-bond acceptors (Lipinski definition) is 8. The van der Waals surface area contributed by atoms with E-state index < -0.39 is 11.6 Å². The van der Waals surface area contributed by atoms with Crippen molar-refractivity contribution >= 4 is 40.0 Å². The van der Waals surface area contributed by atoms with E-state index in [0.29, 0.717) is 29.2 Å². The molecule has 0 aliphatic heterocycles. The van der Waals surface area contributed by atoms with Crippen LogP contribution < -0.4 is 15.7 Å². The van der Waals surface area contributed by atoms with E-state index in [4.69, 9.17) is 13.9 Å². The smallest absolute Gasteiger partial charge is 0.344 e. The van der Waals surface area contributed by atoms with Gasteiger partial charge in [-0.05, 0) is 36.8 Å². The summed E-state index contributed by atoms with van der Waals surface area (Å²) < 4.78 is 15.4. The molecule has 0 bridgehead atoms. The van der Waals surface area contributed by atoms with E-state index in [2.05, 4.69) is 5.32 Å². The standard InChI is InChI=1S/C21H19NO7S/c1-13(23)22-9-8-16-5-6-19(30-16)17(24)11-28-21(26)12-27-15-4-2-14-3-7-20(25)29-18(14)10-15/h2-7,10H,8-9,11-12H2,1H3,(H,22,23). The molecule has 3 aromatic rings. The highest BCUT2D eigenvalue weighted by molar-refractivity contribution is 7.14. The lowest BCUT2D eigenvalue weighted by atomic mass is 10.2. The molecule has 1 amide bonds. The van der Waals surface area contributed by atoms with Gasteiger partial charge in [-0.1, -0.05) is 0 Å². The Balaban J connectivity index is 1.45. The van der Waals surface area contributed by atoms with Crippen LogP contribution in [0.5, 0.6) is 5.75 Å². The highest BCUT2D eigenvalue weighted by atomic mass is 32.1. The molecule has 0 aliphatic rings. The first-order chi connectivity index (χ1) is 14.4. The topological polar surface area (TPSA) is 112 Å². The Bertz CT molecular complexity index is 1130. The maximum absolute atomic E-state index is 12.2. The summed E-state index contributed by atoms with van der Waals surface area (Å²) in [5, 5.41) is 3.42. The Morgan fingerprint density at radius 3 is 2.67 bits per heavy atom. The number of amides is 1. The molecule has 0 fully saturated rings. The van der Waals surface area contributed by atoms with Gasteiger partial charge in [0.1, 0.15) is 11.3 Å². The summed E-state index contributed by atoms with van der Waals surface area (Å²) in [4.78, 5) is 47.6. The van der Waals surface area contributed by atoms with Gasteiger partial charge in [-0.2, -0.15) is 0 Å². The average Bonchev–Trinajstić information content (AvgIpc) is 3.18. The molecule has 8 nitrogen and oxygen atoms in total. The van der Waals surface area contributed by atoms with Crippen LogP contribution in [0.1, 0.15) is 21.5 Å². The Labute approximate surface area is 175 Å². The van der Waals surface area contributed by atoms with Crippen molar-refractivity contribution in [2.45, 2.75) is 13.3 Å². The number of esters is 1. The molecule has 0 unspecified atom stereocenters. The van der Waals surface area contributed by atoms with Crippen LogP contribution in [0.2, 0.25) is 0 Å². The summed E-state index contributed by atoms with van der Waals surface area (Å²) in [7, 11) is 0. The summed E-state index contributed by atoms with van der Waals surface area (Å²) in [5.74, 6) is -0.778. The molecule has 30 heavy (non-hydrogen) atoms. The number of ketones is 1. The van der Waals surface area contributed by atoms with Gasteiger partial charge in [0, 0.05) is 35.9 Å². The van der Waals surface area contributed by atoms with Gasteiger partial charge >= 0.3 is 11.6 Å². The quantitative estimate of drug-likeness (QED) is 0.316. The van der Waals surface area contributed by atoms with Gasteiger partial charge in [-0.25, -0.2) is 9.59 Å². The molecule has 2 heterocycles. The summed E-state index contributed by atoms with van der Waals surface area (Å²) in [6.07, 6.45) is 0.622. The van der Waals surface area contributed by atoms with Crippen LogP contribution in [-0.4, -0.2) is 37.4 Å². The zero-order chi connectivity index (χ0) is 21.5. The van der Waals surface area contributed by atoms with Crippen molar-refractivity contribution in [2.24, 2.45) is 0 Å². The molecular weight excluding hydrogens is 410 g/mol. The molecule has 9 heteroatoms. The molecule has 0 atom stereocenters. The van der Waals surface area contributed by atoms with E-state index in [9.17, 15) is 19.2 Å². The number of benzene rings is 1. The minimum Gasteiger partial charge on any atom is -0.482 e. The first-order valence-corrected chi connectivity index (χ1v) is 9.91. The molecule has 1 N–H and O–H groups in total. The minimum absolute atomic E-state index is 0.106. The first kappa shape index (κ1) is 21.3. The maximum atomic E-state index is 12.2. The van der Waals surface area contributed by atoms with E-state index in [1.807, 2.05) is 6.07 Å². The summed E-state index contributed by atoms with van der Waals surface area (Å²) >= 11 is 1.30. The third-order valence-corrected chi connectivity index (χ3v) is 5.18. The van der Waals surface area contributed by atoms with Crippen molar-refractivity contribution in [3.8, 4) is 5.75 Å². The normalized spacial score (nSPS) is 10.6.